The number of unbranched alkanes of at least 4 members (excludes halogenated alkanes) is 1. The summed E-state index contributed by atoms with van der Waals surface area (Å²) in [7, 11) is 2.74. The molecule has 25 heavy (non-hydrogen) atoms. The topological polar surface area (TPSA) is 89.9 Å². The molecular formula is C19H22O6. The third-order valence-electron chi connectivity index (χ3n) is 4.39. The minimum atomic E-state index is -0.764. The fourth-order valence-electron chi connectivity index (χ4n) is 3.00. The number of fused-ring (bicyclic) bond motifs is 1. The van der Waals surface area contributed by atoms with Gasteiger partial charge < -0.3 is 14.6 Å². The van der Waals surface area contributed by atoms with Gasteiger partial charge in [-0.05, 0) is 24.6 Å². The molecule has 0 saturated heterocycles. The first-order valence-electron chi connectivity index (χ1n) is 8.21. The standard InChI is InChI=1S/C19H22O6/c1-4-5-6-11(9-15(20)25-3)16-17(21)14-10-12(24-2)7-8-13(14)18(22)19(16)23/h7-8,10-11,21H,4-6,9H2,1-3H3/t11-/m1/s1. The van der Waals surface area contributed by atoms with E-state index in [1.165, 1.54) is 26.4 Å². The van der Waals surface area contributed by atoms with Crippen LogP contribution < -0.4 is 4.74 Å². The Balaban J connectivity index is 2.55. The number of ketones is 2. The molecule has 1 aromatic rings. The monoisotopic (exact) mass is 346 g/mol. The largest absolute Gasteiger partial charge is 0.507 e. The molecule has 0 unspecified atom stereocenters. The van der Waals surface area contributed by atoms with E-state index in [0.717, 1.165) is 12.8 Å². The van der Waals surface area contributed by atoms with Crippen molar-refractivity contribution >= 4 is 23.3 Å². The highest BCUT2D eigenvalue weighted by Gasteiger charge is 2.37. The van der Waals surface area contributed by atoms with Crippen LogP contribution in [0.2, 0.25) is 0 Å². The van der Waals surface area contributed by atoms with Crippen LogP contribution in [-0.4, -0.2) is 36.9 Å². The second-order valence-corrected chi connectivity index (χ2v) is 5.95. The Hall–Kier alpha value is -2.63. The van der Waals surface area contributed by atoms with E-state index >= 15 is 0 Å². The lowest BCUT2D eigenvalue weighted by Gasteiger charge is -2.24. The van der Waals surface area contributed by atoms with E-state index in [0.29, 0.717) is 12.2 Å². The average molecular weight is 346 g/mol. The number of benzene rings is 1. The van der Waals surface area contributed by atoms with Crippen molar-refractivity contribution < 1.29 is 29.0 Å². The van der Waals surface area contributed by atoms with Gasteiger partial charge in [0, 0.05) is 22.6 Å². The van der Waals surface area contributed by atoms with Gasteiger partial charge in [-0.1, -0.05) is 19.8 Å². The van der Waals surface area contributed by atoms with Crippen LogP contribution in [-0.2, 0) is 14.3 Å². The zero-order chi connectivity index (χ0) is 18.6. The second kappa shape index (κ2) is 7.96. The number of methoxy groups -OCH3 is 2. The number of allylic oxidation sites excluding steroid dienone is 1. The first-order chi connectivity index (χ1) is 11.9. The Morgan fingerprint density at radius 2 is 1.88 bits per heavy atom. The molecule has 134 valence electrons. The quantitative estimate of drug-likeness (QED) is 0.603. The first kappa shape index (κ1) is 18.7. The van der Waals surface area contributed by atoms with E-state index in [-0.39, 0.29) is 28.9 Å². The lowest BCUT2D eigenvalue weighted by molar-refractivity contribution is -0.141. The zero-order valence-corrected chi connectivity index (χ0v) is 14.6. The molecule has 1 atom stereocenters. The molecule has 0 saturated carbocycles. The molecule has 0 amide bonds. The van der Waals surface area contributed by atoms with Crippen LogP contribution in [0.15, 0.2) is 23.8 Å². The molecule has 6 heteroatoms. The number of esters is 1. The molecule has 1 N–H and O–H groups in total. The number of aliphatic hydroxyl groups is 1. The Labute approximate surface area is 146 Å². The molecule has 0 aromatic heterocycles. The number of aliphatic hydroxyl groups excluding tert-OH is 1. The van der Waals surface area contributed by atoms with E-state index in [2.05, 4.69) is 0 Å². The SMILES string of the molecule is CCCC[C@H](CC(=O)OC)C1=C(O)c2cc(OC)ccc2C(=O)C1=O. The van der Waals surface area contributed by atoms with Crippen LogP contribution in [0.4, 0.5) is 0 Å². The predicted molar refractivity (Wildman–Crippen MR) is 91.5 cm³/mol. The summed E-state index contributed by atoms with van der Waals surface area (Å²) >= 11 is 0. The van der Waals surface area contributed by atoms with Crippen molar-refractivity contribution in [2.75, 3.05) is 14.2 Å². The number of carbonyl (C=O) groups excluding carboxylic acids is 3. The van der Waals surface area contributed by atoms with Crippen molar-refractivity contribution in [3.8, 4) is 5.75 Å². The summed E-state index contributed by atoms with van der Waals surface area (Å²) in [5.74, 6) is -2.30. The number of carbonyl (C=O) groups is 3. The molecule has 0 spiro atoms. The Morgan fingerprint density at radius 3 is 2.48 bits per heavy atom. The summed E-state index contributed by atoms with van der Waals surface area (Å²) < 4.78 is 9.82. The van der Waals surface area contributed by atoms with Crippen molar-refractivity contribution in [2.45, 2.75) is 32.6 Å². The summed E-state index contributed by atoms with van der Waals surface area (Å²) in [5.41, 5.74) is 0.384. The Kier molecular flexibility index (Phi) is 5.96. The number of ether oxygens (including phenoxy) is 2. The van der Waals surface area contributed by atoms with E-state index < -0.39 is 23.5 Å². The molecule has 1 aliphatic rings. The van der Waals surface area contributed by atoms with Gasteiger partial charge in [-0.2, -0.15) is 0 Å². The van der Waals surface area contributed by atoms with Gasteiger partial charge in [0.1, 0.15) is 11.5 Å². The van der Waals surface area contributed by atoms with Gasteiger partial charge >= 0.3 is 5.97 Å². The maximum absolute atomic E-state index is 12.6. The van der Waals surface area contributed by atoms with Gasteiger partial charge in [-0.25, -0.2) is 0 Å². The second-order valence-electron chi connectivity index (χ2n) is 5.95. The number of Topliss-reactive ketones (excluding diaryl/α,β-unsaturated/α-hetero) is 2. The van der Waals surface area contributed by atoms with Crippen molar-refractivity contribution in [2.24, 2.45) is 5.92 Å². The number of rotatable bonds is 7. The lowest BCUT2D eigenvalue weighted by Crippen LogP contribution is -2.29. The minimum Gasteiger partial charge on any atom is -0.507 e. The highest BCUT2D eigenvalue weighted by atomic mass is 16.5. The highest BCUT2D eigenvalue weighted by molar-refractivity contribution is 6.52. The predicted octanol–water partition coefficient (Wildman–Crippen LogP) is 3.10. The summed E-state index contributed by atoms with van der Waals surface area (Å²) in [4.78, 5) is 36.8. The van der Waals surface area contributed by atoms with Crippen LogP contribution in [0.3, 0.4) is 0 Å². The number of hydrogen-bond acceptors (Lipinski definition) is 6. The fraction of sp³-hybridized carbons (Fsp3) is 0.421. The van der Waals surface area contributed by atoms with Crippen molar-refractivity contribution in [1.82, 2.24) is 0 Å². The summed E-state index contributed by atoms with van der Waals surface area (Å²) in [6, 6.07) is 4.54. The lowest BCUT2D eigenvalue weighted by atomic mass is 9.79. The molecule has 1 aliphatic carbocycles. The molecule has 0 aliphatic heterocycles. The molecule has 0 radical (unpaired) electrons. The van der Waals surface area contributed by atoms with Crippen LogP contribution >= 0.6 is 0 Å². The van der Waals surface area contributed by atoms with E-state index in [9.17, 15) is 19.5 Å². The van der Waals surface area contributed by atoms with E-state index in [4.69, 9.17) is 9.47 Å². The van der Waals surface area contributed by atoms with E-state index in [1.54, 1.807) is 6.07 Å². The van der Waals surface area contributed by atoms with Crippen LogP contribution in [0.5, 0.6) is 5.75 Å². The summed E-state index contributed by atoms with van der Waals surface area (Å²) in [6.07, 6.45) is 2.06. The maximum Gasteiger partial charge on any atom is 0.306 e. The Morgan fingerprint density at radius 1 is 1.16 bits per heavy atom. The van der Waals surface area contributed by atoms with Gasteiger partial charge in [-0.3, -0.25) is 14.4 Å². The smallest absolute Gasteiger partial charge is 0.306 e. The zero-order valence-electron chi connectivity index (χ0n) is 14.6. The highest BCUT2D eigenvalue weighted by Crippen LogP contribution is 2.36. The molecule has 0 heterocycles. The summed E-state index contributed by atoms with van der Waals surface area (Å²) in [5, 5.41) is 10.7. The maximum atomic E-state index is 12.6. The molecule has 0 fully saturated rings. The van der Waals surface area contributed by atoms with Crippen LogP contribution in [0.1, 0.15) is 48.5 Å². The first-order valence-corrected chi connectivity index (χ1v) is 8.21. The summed E-state index contributed by atoms with van der Waals surface area (Å²) in [6.45, 7) is 1.98. The average Bonchev–Trinajstić information content (AvgIpc) is 2.63. The van der Waals surface area contributed by atoms with Crippen molar-refractivity contribution in [3.05, 3.63) is 34.9 Å². The van der Waals surface area contributed by atoms with Gasteiger partial charge in [-0.15, -0.1) is 0 Å². The van der Waals surface area contributed by atoms with Gasteiger partial charge in [0.25, 0.3) is 0 Å². The Bertz CT molecular complexity index is 731. The number of hydrogen-bond donors (Lipinski definition) is 1. The molecule has 1 aromatic carbocycles. The molecule has 2 rings (SSSR count). The van der Waals surface area contributed by atoms with Crippen molar-refractivity contribution in [3.63, 3.8) is 0 Å². The van der Waals surface area contributed by atoms with Gasteiger partial charge in [0.05, 0.1) is 20.6 Å². The van der Waals surface area contributed by atoms with E-state index in [1.807, 2.05) is 6.92 Å². The normalized spacial score (nSPS) is 15.0. The minimum absolute atomic E-state index is 0.00963. The fourth-order valence-corrected chi connectivity index (χ4v) is 3.00. The molecule has 6 nitrogen and oxygen atoms in total. The molecular weight excluding hydrogens is 324 g/mol. The van der Waals surface area contributed by atoms with Gasteiger partial charge in [0.15, 0.2) is 0 Å². The van der Waals surface area contributed by atoms with Gasteiger partial charge in [0.2, 0.25) is 11.6 Å². The van der Waals surface area contributed by atoms with Crippen LogP contribution in [0.25, 0.3) is 5.76 Å². The van der Waals surface area contributed by atoms with Crippen LogP contribution in [0, 0.1) is 5.92 Å². The molecule has 0 bridgehead atoms. The third kappa shape index (κ3) is 3.73. The van der Waals surface area contributed by atoms with Crippen molar-refractivity contribution in [1.29, 1.82) is 0 Å². The third-order valence-corrected chi connectivity index (χ3v) is 4.39.